The number of hydrogen-bond acceptors (Lipinski definition) is 5. The predicted octanol–water partition coefficient (Wildman–Crippen LogP) is 3.76. The Balaban J connectivity index is 1.89. The minimum Gasteiger partial charge on any atom is -0.495 e. The third-order valence-electron chi connectivity index (χ3n) is 3.97. The minimum absolute atomic E-state index is 0.0497. The van der Waals surface area contributed by atoms with Crippen LogP contribution in [0, 0.1) is 0 Å². The van der Waals surface area contributed by atoms with Gasteiger partial charge in [0.2, 0.25) is 0 Å². The van der Waals surface area contributed by atoms with Crippen molar-refractivity contribution < 1.29 is 23.1 Å². The summed E-state index contributed by atoms with van der Waals surface area (Å²) in [6.45, 7) is 0. The van der Waals surface area contributed by atoms with Gasteiger partial charge in [0.1, 0.15) is 10.6 Å². The molecule has 29 heavy (non-hydrogen) atoms. The fourth-order valence-electron chi connectivity index (χ4n) is 2.59. The number of rotatable bonds is 7. The molecule has 2 aromatic carbocycles. The summed E-state index contributed by atoms with van der Waals surface area (Å²) in [6.07, 6.45) is 5.31. The Morgan fingerprint density at radius 3 is 2.59 bits per heavy atom. The number of hydrogen-bond donors (Lipinski definition) is 2. The maximum absolute atomic E-state index is 12.8. The van der Waals surface area contributed by atoms with Crippen LogP contribution in [-0.4, -0.2) is 31.6 Å². The molecule has 1 heterocycles. The second kappa shape index (κ2) is 8.57. The van der Waals surface area contributed by atoms with E-state index in [9.17, 15) is 13.2 Å². The van der Waals surface area contributed by atoms with Crippen LogP contribution in [0.3, 0.4) is 0 Å². The number of nitrogens with one attached hydrogen (secondary N) is 1. The van der Waals surface area contributed by atoms with Gasteiger partial charge in [0, 0.05) is 11.9 Å². The second-order valence-electron chi connectivity index (χ2n) is 5.99. The standard InChI is InChI=1S/C21H18N2O5S/c1-28-19-11-9-16(21(24)25)14-20(19)29(26,27)23-18-7-4-5-15(13-18)8-10-17-6-2-3-12-22-17/h2-14,23H,1H3,(H,24,25)/b10-8+. The van der Waals surface area contributed by atoms with Crippen molar-refractivity contribution in [2.75, 3.05) is 11.8 Å². The molecule has 148 valence electrons. The molecule has 0 fully saturated rings. The van der Waals surface area contributed by atoms with E-state index in [0.29, 0.717) is 5.69 Å². The van der Waals surface area contributed by atoms with Gasteiger partial charge in [-0.2, -0.15) is 0 Å². The molecule has 2 N–H and O–H groups in total. The van der Waals surface area contributed by atoms with Gasteiger partial charge in [-0.25, -0.2) is 13.2 Å². The van der Waals surface area contributed by atoms with E-state index in [1.54, 1.807) is 24.4 Å². The monoisotopic (exact) mass is 410 g/mol. The highest BCUT2D eigenvalue weighted by molar-refractivity contribution is 7.92. The molecule has 0 radical (unpaired) electrons. The first-order valence-electron chi connectivity index (χ1n) is 8.52. The Morgan fingerprint density at radius 1 is 1.07 bits per heavy atom. The zero-order valence-electron chi connectivity index (χ0n) is 15.4. The van der Waals surface area contributed by atoms with Crippen molar-refractivity contribution >= 4 is 33.8 Å². The average molecular weight is 410 g/mol. The molecule has 7 nitrogen and oxygen atoms in total. The molecule has 0 aliphatic carbocycles. The normalized spacial score (nSPS) is 11.3. The molecule has 8 heteroatoms. The molecule has 0 amide bonds. The molecule has 0 spiro atoms. The Labute approximate surface area is 168 Å². The van der Waals surface area contributed by atoms with E-state index in [2.05, 4.69) is 9.71 Å². The van der Waals surface area contributed by atoms with Crippen LogP contribution in [0.25, 0.3) is 12.2 Å². The molecule has 3 aromatic rings. The van der Waals surface area contributed by atoms with Crippen molar-refractivity contribution in [1.82, 2.24) is 4.98 Å². The highest BCUT2D eigenvalue weighted by atomic mass is 32.2. The lowest BCUT2D eigenvalue weighted by atomic mass is 10.2. The fourth-order valence-corrected chi connectivity index (χ4v) is 3.84. The summed E-state index contributed by atoms with van der Waals surface area (Å²) in [5.41, 5.74) is 1.71. The van der Waals surface area contributed by atoms with Gasteiger partial charge in [-0.1, -0.05) is 24.3 Å². The van der Waals surface area contributed by atoms with E-state index in [1.807, 2.05) is 36.4 Å². The van der Waals surface area contributed by atoms with Gasteiger partial charge in [0.25, 0.3) is 10.0 Å². The first-order chi connectivity index (χ1) is 13.9. The minimum atomic E-state index is -4.07. The Hall–Kier alpha value is -3.65. The van der Waals surface area contributed by atoms with Crippen LogP contribution in [0.2, 0.25) is 0 Å². The molecule has 1 aromatic heterocycles. The van der Waals surface area contributed by atoms with E-state index in [-0.39, 0.29) is 16.2 Å². The number of nitrogens with zero attached hydrogens (tertiary/aromatic N) is 1. The number of benzene rings is 2. The number of ether oxygens (including phenoxy) is 1. The van der Waals surface area contributed by atoms with Gasteiger partial charge >= 0.3 is 5.97 Å². The van der Waals surface area contributed by atoms with E-state index >= 15 is 0 Å². The Bertz CT molecular complexity index is 1160. The molecular weight excluding hydrogens is 392 g/mol. The van der Waals surface area contributed by atoms with Gasteiger partial charge in [0.05, 0.1) is 18.4 Å². The van der Waals surface area contributed by atoms with Crippen LogP contribution < -0.4 is 9.46 Å². The summed E-state index contributed by atoms with van der Waals surface area (Å²) in [4.78, 5) is 15.1. The zero-order valence-corrected chi connectivity index (χ0v) is 16.3. The number of anilines is 1. The molecule has 0 unspecified atom stereocenters. The molecule has 0 atom stereocenters. The summed E-state index contributed by atoms with van der Waals surface area (Å²) < 4.78 is 33.2. The number of aromatic nitrogens is 1. The summed E-state index contributed by atoms with van der Waals surface area (Å²) in [5.74, 6) is -1.18. The van der Waals surface area contributed by atoms with E-state index < -0.39 is 16.0 Å². The molecule has 0 bridgehead atoms. The number of sulfonamides is 1. The molecule has 0 aliphatic rings. The average Bonchev–Trinajstić information content (AvgIpc) is 2.72. The molecule has 0 saturated carbocycles. The van der Waals surface area contributed by atoms with Crippen LogP contribution >= 0.6 is 0 Å². The van der Waals surface area contributed by atoms with Crippen molar-refractivity contribution in [3.05, 3.63) is 83.7 Å². The number of pyridine rings is 1. The highest BCUT2D eigenvalue weighted by Gasteiger charge is 2.22. The van der Waals surface area contributed by atoms with Crippen LogP contribution in [0.5, 0.6) is 5.75 Å². The van der Waals surface area contributed by atoms with Gasteiger partial charge < -0.3 is 9.84 Å². The SMILES string of the molecule is COc1ccc(C(=O)O)cc1S(=O)(=O)Nc1cccc(/C=C/c2ccccn2)c1. The lowest BCUT2D eigenvalue weighted by Crippen LogP contribution is -2.15. The molecule has 0 saturated heterocycles. The van der Waals surface area contributed by atoms with Gasteiger partial charge in [-0.15, -0.1) is 0 Å². The number of carboxylic acids is 1. The van der Waals surface area contributed by atoms with Crippen molar-refractivity contribution in [3.63, 3.8) is 0 Å². The van der Waals surface area contributed by atoms with Crippen molar-refractivity contribution in [3.8, 4) is 5.75 Å². The zero-order chi connectivity index (χ0) is 20.9. The first kappa shape index (κ1) is 20.1. The lowest BCUT2D eigenvalue weighted by molar-refractivity contribution is 0.0696. The van der Waals surface area contributed by atoms with Gasteiger partial charge in [0.15, 0.2) is 0 Å². The van der Waals surface area contributed by atoms with Crippen LogP contribution in [0.4, 0.5) is 5.69 Å². The first-order valence-corrected chi connectivity index (χ1v) is 10.0. The fraction of sp³-hybridized carbons (Fsp3) is 0.0476. The van der Waals surface area contributed by atoms with Gasteiger partial charge in [-0.3, -0.25) is 9.71 Å². The third-order valence-corrected chi connectivity index (χ3v) is 5.38. The maximum Gasteiger partial charge on any atom is 0.335 e. The van der Waals surface area contributed by atoms with E-state index in [1.165, 1.54) is 19.2 Å². The van der Waals surface area contributed by atoms with Crippen molar-refractivity contribution in [2.24, 2.45) is 0 Å². The summed E-state index contributed by atoms with van der Waals surface area (Å²) in [5, 5.41) is 9.15. The molecular formula is C21H18N2O5S. The largest absolute Gasteiger partial charge is 0.495 e. The smallest absolute Gasteiger partial charge is 0.335 e. The number of carbonyl (C=O) groups is 1. The highest BCUT2D eigenvalue weighted by Crippen LogP contribution is 2.27. The number of aromatic carboxylic acids is 1. The van der Waals surface area contributed by atoms with Crippen LogP contribution in [0.1, 0.15) is 21.6 Å². The quantitative estimate of drug-likeness (QED) is 0.614. The summed E-state index contributed by atoms with van der Waals surface area (Å²) >= 11 is 0. The lowest BCUT2D eigenvalue weighted by Gasteiger charge is -2.12. The van der Waals surface area contributed by atoms with Crippen molar-refractivity contribution in [2.45, 2.75) is 4.90 Å². The topological polar surface area (TPSA) is 106 Å². The van der Waals surface area contributed by atoms with E-state index in [0.717, 1.165) is 17.3 Å². The maximum atomic E-state index is 12.8. The van der Waals surface area contributed by atoms with Crippen molar-refractivity contribution in [1.29, 1.82) is 0 Å². The number of carboxylic acid groups (broad SMARTS) is 1. The summed E-state index contributed by atoms with van der Waals surface area (Å²) in [7, 11) is -2.75. The third kappa shape index (κ3) is 4.99. The second-order valence-corrected chi connectivity index (χ2v) is 7.64. The van der Waals surface area contributed by atoms with Crippen LogP contribution in [0.15, 0.2) is 71.8 Å². The molecule has 3 rings (SSSR count). The Morgan fingerprint density at radius 2 is 1.90 bits per heavy atom. The summed E-state index contributed by atoms with van der Waals surface area (Å²) in [6, 6.07) is 16.0. The Kier molecular flexibility index (Phi) is 5.94. The van der Waals surface area contributed by atoms with Crippen LogP contribution in [-0.2, 0) is 10.0 Å². The van der Waals surface area contributed by atoms with Gasteiger partial charge in [-0.05, 0) is 54.1 Å². The molecule has 0 aliphatic heterocycles. The van der Waals surface area contributed by atoms with E-state index in [4.69, 9.17) is 9.84 Å². The predicted molar refractivity (Wildman–Crippen MR) is 110 cm³/mol. The number of methoxy groups -OCH3 is 1.